The number of carbonyl (C=O) groups is 1. The van der Waals surface area contributed by atoms with Crippen molar-refractivity contribution >= 4 is 63.4 Å². The molecule has 12 heteroatoms. The minimum atomic E-state index is -0.106. The number of rotatable bonds is 10. The van der Waals surface area contributed by atoms with E-state index >= 15 is 0 Å². The van der Waals surface area contributed by atoms with Crippen LogP contribution in [0.4, 0.5) is 11.4 Å². The van der Waals surface area contributed by atoms with E-state index in [2.05, 4.69) is 42.3 Å². The Bertz CT molecular complexity index is 1700. The predicted octanol–water partition coefficient (Wildman–Crippen LogP) is 8.55. The van der Waals surface area contributed by atoms with Crippen LogP contribution in [0.25, 0.3) is 0 Å². The Morgan fingerprint density at radius 1 is 0.811 bits per heavy atom. The second kappa shape index (κ2) is 16.7. The first kappa shape index (κ1) is 38.9. The number of hydrogen-bond acceptors (Lipinski definition) is 8. The summed E-state index contributed by atoms with van der Waals surface area (Å²) < 4.78 is 15.6. The van der Waals surface area contributed by atoms with E-state index in [4.69, 9.17) is 48.8 Å². The summed E-state index contributed by atoms with van der Waals surface area (Å²) in [5.41, 5.74) is 10.7. The van der Waals surface area contributed by atoms with Crippen molar-refractivity contribution in [3.05, 3.63) is 48.5 Å². The Morgan fingerprint density at radius 3 is 1.98 bits per heavy atom. The molecule has 10 nitrogen and oxygen atoms in total. The molecule has 0 spiro atoms. The number of benzene rings is 2. The van der Waals surface area contributed by atoms with E-state index in [0.717, 1.165) is 60.7 Å². The van der Waals surface area contributed by atoms with Crippen LogP contribution in [0, 0.1) is 46.3 Å². The maximum Gasteiger partial charge on any atom is 0.305 e. The highest BCUT2D eigenvalue weighted by molar-refractivity contribution is 7.80. The number of hydrogen-bond donors (Lipinski definition) is 4. The molecule has 4 aliphatic rings. The zero-order valence-electron chi connectivity index (χ0n) is 32.0. The number of hydrazone groups is 2. The van der Waals surface area contributed by atoms with Crippen molar-refractivity contribution in [3.8, 4) is 11.5 Å². The number of thiocarbonyl (C=S) groups is 2. The zero-order chi connectivity index (χ0) is 37.8. The highest BCUT2D eigenvalue weighted by Gasteiger charge is 2.62. The van der Waals surface area contributed by atoms with E-state index in [1.54, 1.807) is 14.2 Å². The van der Waals surface area contributed by atoms with E-state index in [0.29, 0.717) is 46.2 Å². The SMILES string of the molecule is COC(=O)CC[C@@H](C)[C@H]1CC[C@H]2[C@@H]3C/C(=N/NC(=S)Nc4ccc(OC)cc4)[C@@H]4C/C(=N/NC(=S)Nc5ccc(OC)cc5)CC[C@]4(C)[C@H]3CC[C@]12C. The minimum Gasteiger partial charge on any atom is -0.497 e. The third kappa shape index (κ3) is 8.48. The van der Waals surface area contributed by atoms with Crippen LogP contribution in [-0.4, -0.2) is 48.9 Å². The highest BCUT2D eigenvalue weighted by atomic mass is 32.1. The Balaban J connectivity index is 1.21. The number of ether oxygens (including phenoxy) is 3. The smallest absolute Gasteiger partial charge is 0.305 e. The molecule has 4 N–H and O–H groups in total. The first-order valence-electron chi connectivity index (χ1n) is 19.1. The quantitative estimate of drug-likeness (QED) is 0.107. The first-order valence-corrected chi connectivity index (χ1v) is 19.9. The lowest BCUT2D eigenvalue weighted by atomic mass is 9.44. The van der Waals surface area contributed by atoms with Gasteiger partial charge in [-0.25, -0.2) is 0 Å². The topological polar surface area (TPSA) is 118 Å². The number of methoxy groups -OCH3 is 3. The summed E-state index contributed by atoms with van der Waals surface area (Å²) >= 11 is 11.4. The number of carbonyl (C=O) groups excluding carboxylic acids is 1. The largest absolute Gasteiger partial charge is 0.497 e. The maximum absolute atomic E-state index is 12.0. The van der Waals surface area contributed by atoms with E-state index in [1.165, 1.54) is 38.5 Å². The third-order valence-electron chi connectivity index (χ3n) is 13.4. The molecule has 8 atom stereocenters. The van der Waals surface area contributed by atoms with E-state index < -0.39 is 0 Å². The van der Waals surface area contributed by atoms with Crippen molar-refractivity contribution < 1.29 is 19.0 Å². The van der Waals surface area contributed by atoms with Gasteiger partial charge in [0, 0.05) is 35.1 Å². The predicted molar refractivity (Wildman–Crippen MR) is 221 cm³/mol. The first-order chi connectivity index (χ1) is 25.5. The normalized spacial score (nSPS) is 30.9. The zero-order valence-corrected chi connectivity index (χ0v) is 33.6. The second-order valence-electron chi connectivity index (χ2n) is 16.0. The number of nitrogens with zero attached hydrogens (tertiary/aromatic N) is 2. The summed E-state index contributed by atoms with van der Waals surface area (Å²) in [5, 5.41) is 17.4. The molecule has 0 radical (unpaired) electrons. The summed E-state index contributed by atoms with van der Waals surface area (Å²) in [5.74, 6) is 4.59. The van der Waals surface area contributed by atoms with Crippen molar-refractivity contribution in [3.63, 3.8) is 0 Å². The molecular weight excluding hydrogens is 705 g/mol. The summed E-state index contributed by atoms with van der Waals surface area (Å²) in [6, 6.07) is 15.4. The van der Waals surface area contributed by atoms with Gasteiger partial charge in [-0.15, -0.1) is 0 Å². The van der Waals surface area contributed by atoms with Gasteiger partial charge in [0.05, 0.1) is 21.3 Å². The standard InChI is InChI=1S/C41H56N6O4S2/c1-25(7-18-37(48)51-6)32-16-17-33-31-24-36(45-47-39(53)43-27-10-14-30(50-5)15-11-27)35-23-28(19-21-41(35,3)34(31)20-22-40(32,33)2)44-46-38(52)42-26-8-12-29(49-4)13-9-26/h8-15,25,31-35H,7,16-24H2,1-6H3,(H2,42,46,52)(H2,43,47,53)/b44-28+,45-36-/t25-,31+,32-,33+,34+,35+,40-,41-/m1/s1. The van der Waals surface area contributed by atoms with Gasteiger partial charge in [0.2, 0.25) is 0 Å². The molecule has 0 amide bonds. The van der Waals surface area contributed by atoms with Crippen molar-refractivity contribution in [2.24, 2.45) is 56.5 Å². The fraction of sp³-hybridized carbons (Fsp3) is 0.585. The van der Waals surface area contributed by atoms with Crippen LogP contribution in [0.3, 0.4) is 0 Å². The summed E-state index contributed by atoms with van der Waals surface area (Å²) in [6.07, 6.45) is 10.0. The van der Waals surface area contributed by atoms with Crippen molar-refractivity contribution in [1.29, 1.82) is 0 Å². The molecule has 2 aromatic carbocycles. The lowest BCUT2D eigenvalue weighted by Gasteiger charge is -2.61. The summed E-state index contributed by atoms with van der Waals surface area (Å²) in [6.45, 7) is 7.43. The Morgan fingerprint density at radius 2 is 1.40 bits per heavy atom. The monoisotopic (exact) mass is 760 g/mol. The van der Waals surface area contributed by atoms with Crippen LogP contribution in [-0.2, 0) is 9.53 Å². The summed E-state index contributed by atoms with van der Waals surface area (Å²) in [4.78, 5) is 12.0. The lowest BCUT2D eigenvalue weighted by Crippen LogP contribution is -2.57. The maximum atomic E-state index is 12.0. The highest BCUT2D eigenvalue weighted by Crippen LogP contribution is 2.67. The average Bonchev–Trinajstić information content (AvgIpc) is 3.53. The van der Waals surface area contributed by atoms with E-state index in [9.17, 15) is 4.79 Å². The molecule has 4 saturated carbocycles. The molecular formula is C41H56N6O4S2. The molecule has 0 aromatic heterocycles. The average molecular weight is 761 g/mol. The van der Waals surface area contributed by atoms with Gasteiger partial charge >= 0.3 is 5.97 Å². The molecule has 0 unspecified atom stereocenters. The number of nitrogens with one attached hydrogen (secondary N) is 4. The van der Waals surface area contributed by atoms with Gasteiger partial charge in [-0.05, 0) is 171 Å². The molecule has 4 fully saturated rings. The Kier molecular flexibility index (Phi) is 12.3. The van der Waals surface area contributed by atoms with Gasteiger partial charge in [-0.3, -0.25) is 15.6 Å². The van der Waals surface area contributed by atoms with Gasteiger partial charge in [0.15, 0.2) is 10.2 Å². The fourth-order valence-electron chi connectivity index (χ4n) is 10.6. The molecule has 0 saturated heterocycles. The number of esters is 1. The lowest BCUT2D eigenvalue weighted by molar-refractivity contribution is -0.141. The third-order valence-corrected chi connectivity index (χ3v) is 13.8. The van der Waals surface area contributed by atoms with Crippen LogP contribution < -0.4 is 31.0 Å². The number of anilines is 2. The molecule has 0 bridgehead atoms. The molecule has 2 aromatic rings. The second-order valence-corrected chi connectivity index (χ2v) is 16.9. The van der Waals surface area contributed by atoms with Crippen molar-refractivity contribution in [1.82, 2.24) is 10.9 Å². The molecule has 6 rings (SSSR count). The molecule has 0 heterocycles. The molecule has 286 valence electrons. The van der Waals surface area contributed by atoms with Crippen LogP contribution in [0.1, 0.15) is 85.0 Å². The van der Waals surface area contributed by atoms with Crippen LogP contribution in [0.15, 0.2) is 58.7 Å². The Labute approximate surface area is 325 Å². The van der Waals surface area contributed by atoms with Crippen molar-refractivity contribution in [2.45, 2.75) is 85.0 Å². The van der Waals surface area contributed by atoms with Crippen LogP contribution >= 0.6 is 24.4 Å². The minimum absolute atomic E-state index is 0.0885. The van der Waals surface area contributed by atoms with Crippen molar-refractivity contribution in [2.75, 3.05) is 32.0 Å². The number of fused-ring (bicyclic) bond motifs is 5. The van der Waals surface area contributed by atoms with Gasteiger partial charge in [-0.2, -0.15) is 10.2 Å². The molecule has 53 heavy (non-hydrogen) atoms. The van der Waals surface area contributed by atoms with Crippen LogP contribution in [0.5, 0.6) is 11.5 Å². The van der Waals surface area contributed by atoms with Gasteiger partial charge < -0.3 is 24.8 Å². The van der Waals surface area contributed by atoms with Gasteiger partial charge in [0.25, 0.3) is 0 Å². The molecule has 0 aliphatic heterocycles. The van der Waals surface area contributed by atoms with Gasteiger partial charge in [-0.1, -0.05) is 20.8 Å². The van der Waals surface area contributed by atoms with E-state index in [1.807, 2.05) is 48.5 Å². The molecule has 4 aliphatic carbocycles. The van der Waals surface area contributed by atoms with Crippen LogP contribution in [0.2, 0.25) is 0 Å². The Hall–Kier alpha value is -3.77. The van der Waals surface area contributed by atoms with Gasteiger partial charge in [0.1, 0.15) is 11.5 Å². The van der Waals surface area contributed by atoms with E-state index in [-0.39, 0.29) is 22.7 Å². The summed E-state index contributed by atoms with van der Waals surface area (Å²) in [7, 11) is 4.80. The fourth-order valence-corrected chi connectivity index (χ4v) is 11.0.